The fraction of sp³-hybridized carbons (Fsp3) is 0.500. The molecule has 8 nitrogen and oxygen atoms in total. The molecule has 1 aromatic carbocycles. The number of hydroxylamine groups is 1. The maximum Gasteiger partial charge on any atom is 0.303 e. The number of pyridine rings is 1. The van der Waals surface area contributed by atoms with Crippen LogP contribution in [-0.2, 0) is 9.63 Å². The van der Waals surface area contributed by atoms with Gasteiger partial charge in [-0.2, -0.15) is 5.48 Å². The predicted octanol–water partition coefficient (Wildman–Crippen LogP) is 4.88. The molecule has 2 N–H and O–H groups in total. The number of hydrogen-bond acceptors (Lipinski definition) is 9. The fourth-order valence-electron chi connectivity index (χ4n) is 5.12. The highest BCUT2D eigenvalue weighted by Crippen LogP contribution is 2.35. The van der Waals surface area contributed by atoms with E-state index >= 15 is 0 Å². The van der Waals surface area contributed by atoms with Crippen molar-refractivity contribution in [1.82, 2.24) is 20.3 Å². The molecular formula is C26H34N4O4S2. The van der Waals surface area contributed by atoms with E-state index in [0.717, 1.165) is 71.2 Å². The van der Waals surface area contributed by atoms with Crippen LogP contribution in [0.1, 0.15) is 37.3 Å². The van der Waals surface area contributed by atoms with Crippen LogP contribution < -0.4 is 10.2 Å². The molecule has 10 heteroatoms. The Bertz CT molecular complexity index is 1110. The van der Waals surface area contributed by atoms with Crippen molar-refractivity contribution in [3.8, 4) is 5.75 Å². The lowest BCUT2D eigenvalue weighted by atomic mass is 9.79. The lowest BCUT2D eigenvalue weighted by Crippen LogP contribution is -2.42. The van der Waals surface area contributed by atoms with Crippen LogP contribution in [0.2, 0.25) is 0 Å². The third kappa shape index (κ3) is 7.17. The molecule has 0 bridgehead atoms. The molecule has 4 rings (SSSR count). The number of fused-ring (bicyclic) bond motifs is 1. The Morgan fingerprint density at radius 2 is 2.17 bits per heavy atom. The highest BCUT2D eigenvalue weighted by Gasteiger charge is 2.31. The van der Waals surface area contributed by atoms with Gasteiger partial charge in [0.15, 0.2) is 0 Å². The first-order valence-corrected chi connectivity index (χ1v) is 14.1. The summed E-state index contributed by atoms with van der Waals surface area (Å²) < 4.78 is 6.53. The summed E-state index contributed by atoms with van der Waals surface area (Å²) in [6.07, 6.45) is 6.63. The van der Waals surface area contributed by atoms with Gasteiger partial charge in [-0.3, -0.25) is 9.78 Å². The number of rotatable bonds is 13. The molecule has 1 aliphatic rings. The van der Waals surface area contributed by atoms with Crippen molar-refractivity contribution in [2.24, 2.45) is 11.8 Å². The van der Waals surface area contributed by atoms with Gasteiger partial charge in [-0.05, 0) is 67.5 Å². The van der Waals surface area contributed by atoms with Crippen molar-refractivity contribution in [3.05, 3.63) is 47.6 Å². The van der Waals surface area contributed by atoms with Gasteiger partial charge in [0.1, 0.15) is 10.1 Å². The van der Waals surface area contributed by atoms with Gasteiger partial charge in [0.25, 0.3) is 0 Å². The number of thioether (sulfide) groups is 1. The second kappa shape index (κ2) is 13.3. The molecule has 1 saturated heterocycles. The predicted molar refractivity (Wildman–Crippen MR) is 144 cm³/mol. The van der Waals surface area contributed by atoms with Gasteiger partial charge in [0.2, 0.25) is 0 Å². The summed E-state index contributed by atoms with van der Waals surface area (Å²) in [4.78, 5) is 28.3. The fourth-order valence-corrected chi connectivity index (χ4v) is 6.82. The molecule has 1 unspecified atom stereocenters. The number of thiazole rings is 1. The van der Waals surface area contributed by atoms with Gasteiger partial charge in [0, 0.05) is 48.4 Å². The first-order valence-electron chi connectivity index (χ1n) is 12.2. The Morgan fingerprint density at radius 1 is 1.28 bits per heavy atom. The SMILES string of the molecule is CONC(CC[C@@H]1CCN(CCSc2nccs2)C[C@@H]1CC(=O)O)c1ccnc2ccc(OC)cc12. The third-order valence-corrected chi connectivity index (χ3v) is 8.85. The monoisotopic (exact) mass is 530 g/mol. The number of nitrogens with one attached hydrogen (secondary N) is 1. The number of ether oxygens (including phenoxy) is 1. The number of aromatic nitrogens is 2. The van der Waals surface area contributed by atoms with Crippen molar-refractivity contribution in [3.63, 3.8) is 0 Å². The van der Waals surface area contributed by atoms with Gasteiger partial charge < -0.3 is 19.6 Å². The highest BCUT2D eigenvalue weighted by molar-refractivity contribution is 8.01. The minimum Gasteiger partial charge on any atom is -0.497 e. The zero-order chi connectivity index (χ0) is 25.3. The second-order valence-electron chi connectivity index (χ2n) is 9.09. The van der Waals surface area contributed by atoms with E-state index in [0.29, 0.717) is 5.92 Å². The molecule has 36 heavy (non-hydrogen) atoms. The number of carboxylic acids is 1. The molecule has 0 saturated carbocycles. The van der Waals surface area contributed by atoms with E-state index in [-0.39, 0.29) is 18.4 Å². The van der Waals surface area contributed by atoms with Crippen LogP contribution in [-0.4, -0.2) is 65.6 Å². The summed E-state index contributed by atoms with van der Waals surface area (Å²) in [6, 6.07) is 7.88. The molecule has 3 aromatic rings. The molecule has 1 fully saturated rings. The van der Waals surface area contributed by atoms with Gasteiger partial charge >= 0.3 is 5.97 Å². The van der Waals surface area contributed by atoms with Crippen LogP contribution in [0.5, 0.6) is 5.75 Å². The average Bonchev–Trinajstić information content (AvgIpc) is 3.40. The van der Waals surface area contributed by atoms with Crippen LogP contribution in [0.15, 0.2) is 46.4 Å². The van der Waals surface area contributed by atoms with Crippen molar-refractivity contribution < 1.29 is 19.5 Å². The molecule has 1 aliphatic heterocycles. The van der Waals surface area contributed by atoms with Crippen LogP contribution in [0.3, 0.4) is 0 Å². The molecule has 0 amide bonds. The molecule has 0 aliphatic carbocycles. The number of likely N-dealkylation sites (tertiary alicyclic amines) is 1. The number of nitrogens with zero attached hydrogens (tertiary/aromatic N) is 3. The smallest absolute Gasteiger partial charge is 0.303 e. The Hall–Kier alpha value is -2.24. The zero-order valence-electron chi connectivity index (χ0n) is 20.8. The van der Waals surface area contributed by atoms with E-state index in [1.165, 1.54) is 0 Å². The van der Waals surface area contributed by atoms with Crippen molar-refractivity contribution in [1.29, 1.82) is 0 Å². The topological polar surface area (TPSA) is 96.8 Å². The van der Waals surface area contributed by atoms with Crippen LogP contribution >= 0.6 is 23.1 Å². The first-order chi connectivity index (χ1) is 17.6. The summed E-state index contributed by atoms with van der Waals surface area (Å²) in [5.41, 5.74) is 5.18. The molecule has 3 heterocycles. The number of carbonyl (C=O) groups is 1. The minimum atomic E-state index is -0.720. The summed E-state index contributed by atoms with van der Waals surface area (Å²) in [5.74, 6) is 1.53. The van der Waals surface area contributed by atoms with Crippen LogP contribution in [0.4, 0.5) is 0 Å². The third-order valence-electron chi connectivity index (χ3n) is 6.90. The lowest BCUT2D eigenvalue weighted by molar-refractivity contribution is -0.139. The molecule has 194 valence electrons. The number of benzene rings is 1. The number of carboxylic acid groups (broad SMARTS) is 1. The average molecular weight is 531 g/mol. The Labute approximate surface area is 220 Å². The molecule has 2 aromatic heterocycles. The normalized spacial score (nSPS) is 19.4. The van der Waals surface area contributed by atoms with Gasteiger partial charge in [-0.15, -0.1) is 11.3 Å². The summed E-state index contributed by atoms with van der Waals surface area (Å²) >= 11 is 3.43. The Morgan fingerprint density at radius 3 is 2.92 bits per heavy atom. The van der Waals surface area contributed by atoms with E-state index in [2.05, 4.69) is 20.3 Å². The Kier molecular flexibility index (Phi) is 9.94. The van der Waals surface area contributed by atoms with Crippen molar-refractivity contribution in [2.75, 3.05) is 39.6 Å². The maximum absolute atomic E-state index is 11.7. The Balaban J connectivity index is 1.41. The molecule has 0 radical (unpaired) electrons. The van der Waals surface area contributed by atoms with E-state index in [1.54, 1.807) is 37.3 Å². The number of aliphatic carboxylic acids is 1. The summed E-state index contributed by atoms with van der Waals surface area (Å²) in [5, 5.41) is 12.6. The molecule has 3 atom stereocenters. The lowest BCUT2D eigenvalue weighted by Gasteiger charge is -2.38. The van der Waals surface area contributed by atoms with E-state index in [4.69, 9.17) is 9.57 Å². The van der Waals surface area contributed by atoms with E-state index in [9.17, 15) is 9.90 Å². The first kappa shape index (κ1) is 26.8. The van der Waals surface area contributed by atoms with Crippen molar-refractivity contribution >= 4 is 40.0 Å². The van der Waals surface area contributed by atoms with Gasteiger partial charge in [0.05, 0.1) is 25.8 Å². The van der Waals surface area contributed by atoms with E-state index < -0.39 is 5.97 Å². The maximum atomic E-state index is 11.7. The largest absolute Gasteiger partial charge is 0.497 e. The van der Waals surface area contributed by atoms with E-state index in [1.807, 2.05) is 42.0 Å². The van der Waals surface area contributed by atoms with Crippen LogP contribution in [0.25, 0.3) is 10.9 Å². The number of hydrogen-bond donors (Lipinski definition) is 2. The van der Waals surface area contributed by atoms with Gasteiger partial charge in [-0.1, -0.05) is 11.8 Å². The summed E-state index contributed by atoms with van der Waals surface area (Å²) in [7, 11) is 3.29. The molecule has 0 spiro atoms. The quantitative estimate of drug-likeness (QED) is 0.237. The van der Waals surface area contributed by atoms with Crippen molar-refractivity contribution in [2.45, 2.75) is 36.1 Å². The standard InChI is InChI=1S/C26H34N4O4S2/c1-33-20-4-6-23-22(16-20)21(7-9-27-23)24(29-34-2)5-3-18-8-11-30(17-19(18)15-25(31)32)12-14-36-26-28-10-13-35-26/h4,6-7,9-10,13,16,18-19,24,29H,3,5,8,11-12,14-15,17H2,1-2H3,(H,31,32)/t18-,19+,24?/m1/s1. The number of methoxy groups -OCH3 is 1. The zero-order valence-corrected chi connectivity index (χ0v) is 22.4. The highest BCUT2D eigenvalue weighted by atomic mass is 32.2. The molecular weight excluding hydrogens is 496 g/mol. The minimum absolute atomic E-state index is 0.0363. The number of piperidine rings is 1. The van der Waals surface area contributed by atoms with Gasteiger partial charge in [-0.25, -0.2) is 4.98 Å². The van der Waals surface area contributed by atoms with Crippen LogP contribution in [0, 0.1) is 11.8 Å². The summed E-state index contributed by atoms with van der Waals surface area (Å²) in [6.45, 7) is 2.77. The second-order valence-corrected chi connectivity index (χ2v) is 11.3.